The van der Waals surface area contributed by atoms with Crippen LogP contribution in [-0.2, 0) is 0 Å². The van der Waals surface area contributed by atoms with Gasteiger partial charge in [-0.3, -0.25) is 0 Å². The Hall–Kier alpha value is -1.61. The van der Waals surface area contributed by atoms with E-state index in [1.165, 1.54) is 6.33 Å². The van der Waals surface area contributed by atoms with Crippen molar-refractivity contribution < 1.29 is 0 Å². The van der Waals surface area contributed by atoms with Gasteiger partial charge in [-0.1, -0.05) is 18.7 Å². The van der Waals surface area contributed by atoms with Gasteiger partial charge in [-0.05, 0) is 0 Å². The zero-order valence-electron chi connectivity index (χ0n) is 8.14. The summed E-state index contributed by atoms with van der Waals surface area (Å²) in [5, 5.41) is 9.64. The molecule has 0 amide bonds. The van der Waals surface area contributed by atoms with Crippen LogP contribution in [-0.4, -0.2) is 25.2 Å². The Morgan fingerprint density at radius 1 is 1.53 bits per heavy atom. The Morgan fingerprint density at radius 2 is 2.40 bits per heavy atom. The molecule has 1 atom stereocenters. The fourth-order valence-corrected chi connectivity index (χ4v) is 2.11. The highest BCUT2D eigenvalue weighted by molar-refractivity contribution is 8.00. The summed E-state index contributed by atoms with van der Waals surface area (Å²) < 4.78 is 0. The highest BCUT2D eigenvalue weighted by atomic mass is 32.2. The molecular weight excluding hydrogens is 210 g/mol. The first-order chi connectivity index (χ1) is 7.31. The van der Waals surface area contributed by atoms with E-state index in [2.05, 4.69) is 26.0 Å². The molecule has 15 heavy (non-hydrogen) atoms. The zero-order chi connectivity index (χ0) is 10.7. The average molecular weight is 219 g/mol. The van der Waals surface area contributed by atoms with Gasteiger partial charge in [0.2, 0.25) is 0 Å². The minimum Gasteiger partial charge on any atom is -0.341 e. The lowest BCUT2D eigenvalue weighted by Gasteiger charge is -2.05. The second-order valence-electron chi connectivity index (χ2n) is 3.07. The monoisotopic (exact) mass is 219 g/mol. The second-order valence-corrected chi connectivity index (χ2v) is 4.50. The summed E-state index contributed by atoms with van der Waals surface area (Å²) in [5.41, 5.74) is 1.50. The third kappa shape index (κ3) is 2.07. The van der Waals surface area contributed by atoms with E-state index in [0.29, 0.717) is 12.1 Å². The number of H-pyrrole nitrogens is 1. The van der Waals surface area contributed by atoms with Gasteiger partial charge in [0, 0.05) is 11.7 Å². The molecule has 0 saturated carbocycles. The maximum absolute atomic E-state index is 8.57. The number of nitrogens with one attached hydrogen (secondary N) is 1. The van der Waals surface area contributed by atoms with Crippen LogP contribution in [0.15, 0.2) is 17.7 Å². The molecule has 0 aromatic carbocycles. The van der Waals surface area contributed by atoms with Crippen molar-refractivity contribution in [2.24, 2.45) is 0 Å². The molecule has 1 N–H and O–H groups in total. The molecule has 5 nitrogen and oxygen atoms in total. The van der Waals surface area contributed by atoms with E-state index >= 15 is 0 Å². The van der Waals surface area contributed by atoms with Crippen LogP contribution in [0, 0.1) is 11.3 Å². The lowest BCUT2D eigenvalue weighted by molar-refractivity contribution is 0.978. The van der Waals surface area contributed by atoms with Crippen molar-refractivity contribution in [2.75, 3.05) is 0 Å². The van der Waals surface area contributed by atoms with Crippen LogP contribution in [0.4, 0.5) is 0 Å². The number of nitriles is 1. The van der Waals surface area contributed by atoms with Crippen LogP contribution in [0.1, 0.15) is 13.3 Å². The van der Waals surface area contributed by atoms with E-state index in [1.54, 1.807) is 18.1 Å². The number of nitrogens with zero attached hydrogens (tertiary/aromatic N) is 4. The zero-order valence-corrected chi connectivity index (χ0v) is 8.95. The Balaban J connectivity index is 2.28. The van der Waals surface area contributed by atoms with Crippen LogP contribution in [0.5, 0.6) is 0 Å². The number of rotatable bonds is 3. The van der Waals surface area contributed by atoms with Gasteiger partial charge in [0.25, 0.3) is 0 Å². The van der Waals surface area contributed by atoms with Gasteiger partial charge in [-0.15, -0.1) is 0 Å². The predicted octanol–water partition coefficient (Wildman–Crippen LogP) is 1.75. The fourth-order valence-electron chi connectivity index (χ4n) is 1.19. The Kier molecular flexibility index (Phi) is 2.83. The smallest absolute Gasteiger partial charge is 0.181 e. The summed E-state index contributed by atoms with van der Waals surface area (Å²) in [6, 6.07) is 2.14. The van der Waals surface area contributed by atoms with Crippen LogP contribution >= 0.6 is 11.8 Å². The fraction of sp³-hybridized carbons (Fsp3) is 0.333. The SMILES string of the molecule is CC(CC#N)Sc1ncnc2nc[nH]c12. The molecule has 0 fully saturated rings. The van der Waals surface area contributed by atoms with Crippen molar-refractivity contribution in [1.82, 2.24) is 19.9 Å². The van der Waals surface area contributed by atoms with Gasteiger partial charge in [0.15, 0.2) is 5.65 Å². The lowest BCUT2D eigenvalue weighted by atomic mass is 10.4. The third-order valence-electron chi connectivity index (χ3n) is 1.88. The van der Waals surface area contributed by atoms with Crippen LogP contribution < -0.4 is 0 Å². The van der Waals surface area contributed by atoms with Crippen molar-refractivity contribution in [2.45, 2.75) is 23.6 Å². The van der Waals surface area contributed by atoms with Crippen molar-refractivity contribution in [3.8, 4) is 6.07 Å². The first kappa shape index (κ1) is 9.93. The largest absolute Gasteiger partial charge is 0.341 e. The quantitative estimate of drug-likeness (QED) is 0.628. The summed E-state index contributed by atoms with van der Waals surface area (Å²) in [5.74, 6) is 0. The number of aromatic nitrogens is 4. The van der Waals surface area contributed by atoms with Crippen LogP contribution in [0.3, 0.4) is 0 Å². The number of hydrogen-bond donors (Lipinski definition) is 1. The van der Waals surface area contributed by atoms with Gasteiger partial charge in [-0.25, -0.2) is 15.0 Å². The molecule has 76 valence electrons. The van der Waals surface area contributed by atoms with Crippen molar-refractivity contribution >= 4 is 22.9 Å². The molecule has 0 aliphatic heterocycles. The van der Waals surface area contributed by atoms with Gasteiger partial charge < -0.3 is 4.98 Å². The van der Waals surface area contributed by atoms with Crippen molar-refractivity contribution in [1.29, 1.82) is 5.26 Å². The molecule has 0 radical (unpaired) electrons. The lowest BCUT2D eigenvalue weighted by Crippen LogP contribution is -1.96. The molecule has 2 aromatic heterocycles. The number of fused-ring (bicyclic) bond motifs is 1. The Labute approximate surface area is 91.0 Å². The minimum atomic E-state index is 0.219. The summed E-state index contributed by atoms with van der Waals surface area (Å²) >= 11 is 1.56. The molecule has 0 saturated heterocycles. The standard InChI is InChI=1S/C9H9N5S/c1-6(2-3-10)15-9-7-8(12-4-11-7)13-5-14-9/h4-6H,2H2,1H3,(H,11,12,13,14). The summed E-state index contributed by atoms with van der Waals surface area (Å²) in [6.07, 6.45) is 3.59. The maximum Gasteiger partial charge on any atom is 0.181 e. The van der Waals surface area contributed by atoms with E-state index < -0.39 is 0 Å². The Bertz CT molecular complexity index is 500. The first-order valence-electron chi connectivity index (χ1n) is 4.49. The molecule has 6 heteroatoms. The molecule has 2 heterocycles. The van der Waals surface area contributed by atoms with Crippen LogP contribution in [0.25, 0.3) is 11.2 Å². The van der Waals surface area contributed by atoms with Gasteiger partial charge in [0.1, 0.15) is 16.9 Å². The van der Waals surface area contributed by atoms with E-state index in [4.69, 9.17) is 5.26 Å². The van der Waals surface area contributed by atoms with Gasteiger partial charge in [0.05, 0.1) is 12.4 Å². The topological polar surface area (TPSA) is 78.2 Å². The number of thioether (sulfide) groups is 1. The van der Waals surface area contributed by atoms with Gasteiger partial charge >= 0.3 is 0 Å². The third-order valence-corrected chi connectivity index (χ3v) is 2.98. The van der Waals surface area contributed by atoms with Gasteiger partial charge in [-0.2, -0.15) is 5.26 Å². The van der Waals surface area contributed by atoms with Crippen LogP contribution in [0.2, 0.25) is 0 Å². The normalized spacial score (nSPS) is 12.5. The van der Waals surface area contributed by atoms with E-state index in [-0.39, 0.29) is 5.25 Å². The molecule has 0 aliphatic rings. The molecule has 2 rings (SSSR count). The molecular formula is C9H9N5S. The average Bonchev–Trinajstić information content (AvgIpc) is 2.67. The second kappa shape index (κ2) is 4.28. The number of imidazole rings is 1. The predicted molar refractivity (Wildman–Crippen MR) is 57.2 cm³/mol. The molecule has 0 aliphatic carbocycles. The molecule has 0 bridgehead atoms. The number of aromatic amines is 1. The first-order valence-corrected chi connectivity index (χ1v) is 5.37. The van der Waals surface area contributed by atoms with E-state index in [1.807, 2.05) is 6.92 Å². The molecule has 0 spiro atoms. The Morgan fingerprint density at radius 3 is 3.20 bits per heavy atom. The van der Waals surface area contributed by atoms with Crippen molar-refractivity contribution in [3.63, 3.8) is 0 Å². The summed E-state index contributed by atoms with van der Waals surface area (Å²) in [7, 11) is 0. The summed E-state index contributed by atoms with van der Waals surface area (Å²) in [4.78, 5) is 15.2. The molecule has 1 unspecified atom stereocenters. The highest BCUT2D eigenvalue weighted by Gasteiger charge is 2.10. The van der Waals surface area contributed by atoms with Crippen molar-refractivity contribution in [3.05, 3.63) is 12.7 Å². The minimum absolute atomic E-state index is 0.219. The highest BCUT2D eigenvalue weighted by Crippen LogP contribution is 2.26. The number of hydrogen-bond acceptors (Lipinski definition) is 5. The molecule has 2 aromatic rings. The summed E-state index contributed by atoms with van der Waals surface area (Å²) in [6.45, 7) is 2.00. The maximum atomic E-state index is 8.57. The van der Waals surface area contributed by atoms with E-state index in [0.717, 1.165) is 10.5 Å². The van der Waals surface area contributed by atoms with E-state index in [9.17, 15) is 0 Å².